The van der Waals surface area contributed by atoms with Crippen LogP contribution in [0.1, 0.15) is 55.4 Å². The SMILES string of the molecule is CCOC(=O)C1=C(C(=O)OCC)C=C(C(C)(C)C)[Se]C(C(C)(C)C)=C1. The Balaban J connectivity index is 3.70. The van der Waals surface area contributed by atoms with Gasteiger partial charge in [-0.3, -0.25) is 0 Å². The van der Waals surface area contributed by atoms with Gasteiger partial charge in [-0.2, -0.15) is 0 Å². The van der Waals surface area contributed by atoms with E-state index in [1.54, 1.807) is 13.8 Å². The molecule has 0 radical (unpaired) electrons. The average Bonchev–Trinajstić information content (AvgIpc) is 2.67. The van der Waals surface area contributed by atoms with Crippen LogP contribution in [0.3, 0.4) is 0 Å². The maximum absolute atomic E-state index is 12.5. The zero-order valence-corrected chi connectivity index (χ0v) is 18.3. The molecular formula is C20H30O4Se. The number of hydrogen-bond acceptors (Lipinski definition) is 4. The molecule has 1 aliphatic heterocycles. The zero-order chi connectivity index (χ0) is 19.4. The first-order chi connectivity index (χ1) is 11.4. The van der Waals surface area contributed by atoms with Crippen LogP contribution in [-0.4, -0.2) is 40.1 Å². The van der Waals surface area contributed by atoms with Gasteiger partial charge in [-0.05, 0) is 0 Å². The van der Waals surface area contributed by atoms with Crippen molar-refractivity contribution < 1.29 is 19.1 Å². The summed E-state index contributed by atoms with van der Waals surface area (Å²) in [7, 11) is 0. The van der Waals surface area contributed by atoms with Crippen LogP contribution in [0.25, 0.3) is 0 Å². The fraction of sp³-hybridized carbons (Fsp3) is 0.600. The van der Waals surface area contributed by atoms with Crippen LogP contribution in [0.2, 0.25) is 0 Å². The van der Waals surface area contributed by atoms with Crippen molar-refractivity contribution in [1.82, 2.24) is 0 Å². The summed E-state index contributed by atoms with van der Waals surface area (Å²) in [6, 6.07) is 0. The second-order valence-corrected chi connectivity index (χ2v) is 10.2. The summed E-state index contributed by atoms with van der Waals surface area (Å²) in [4.78, 5) is 25.1. The summed E-state index contributed by atoms with van der Waals surface area (Å²) in [6.45, 7) is 16.8. The summed E-state index contributed by atoms with van der Waals surface area (Å²) < 4.78 is 12.7. The Morgan fingerprint density at radius 3 is 1.36 bits per heavy atom. The predicted molar refractivity (Wildman–Crippen MR) is 101 cm³/mol. The molecule has 0 aliphatic carbocycles. The van der Waals surface area contributed by atoms with E-state index in [9.17, 15) is 9.59 Å². The van der Waals surface area contributed by atoms with Gasteiger partial charge in [0.2, 0.25) is 0 Å². The Morgan fingerprint density at radius 2 is 1.12 bits per heavy atom. The Hall–Kier alpha value is -1.32. The molecule has 0 N–H and O–H groups in total. The van der Waals surface area contributed by atoms with Crippen LogP contribution in [0.4, 0.5) is 0 Å². The van der Waals surface area contributed by atoms with Gasteiger partial charge in [-0.15, -0.1) is 0 Å². The van der Waals surface area contributed by atoms with Crippen LogP contribution in [-0.2, 0) is 19.1 Å². The monoisotopic (exact) mass is 414 g/mol. The van der Waals surface area contributed by atoms with E-state index in [2.05, 4.69) is 41.5 Å². The molecule has 1 aliphatic rings. The third-order valence-corrected chi connectivity index (χ3v) is 7.52. The quantitative estimate of drug-likeness (QED) is 0.517. The number of carbonyl (C=O) groups excluding carboxylic acids is 2. The molecule has 0 spiro atoms. The van der Waals surface area contributed by atoms with Crippen LogP contribution < -0.4 is 0 Å². The molecule has 25 heavy (non-hydrogen) atoms. The van der Waals surface area contributed by atoms with Gasteiger partial charge >= 0.3 is 158 Å². The second kappa shape index (κ2) is 8.37. The van der Waals surface area contributed by atoms with E-state index >= 15 is 0 Å². The van der Waals surface area contributed by atoms with Gasteiger partial charge in [0, 0.05) is 0 Å². The molecule has 0 aromatic carbocycles. The minimum atomic E-state index is -0.477. The summed E-state index contributed by atoms with van der Waals surface area (Å²) in [5.74, 6) is -0.955. The normalized spacial score (nSPS) is 16.0. The van der Waals surface area contributed by atoms with Crippen molar-refractivity contribution in [3.8, 4) is 0 Å². The first kappa shape index (κ1) is 21.7. The van der Waals surface area contributed by atoms with Crippen LogP contribution in [0, 0.1) is 10.8 Å². The molecule has 0 aromatic heterocycles. The summed E-state index contributed by atoms with van der Waals surface area (Å²) in [6.07, 6.45) is 3.69. The molecule has 1 heterocycles. The van der Waals surface area contributed by atoms with E-state index in [-0.39, 0.29) is 39.0 Å². The Morgan fingerprint density at radius 1 is 0.800 bits per heavy atom. The summed E-state index contributed by atoms with van der Waals surface area (Å²) >= 11 is 0.0302. The number of ether oxygens (including phenoxy) is 2. The van der Waals surface area contributed by atoms with E-state index in [0.29, 0.717) is 11.1 Å². The number of carbonyl (C=O) groups is 2. The van der Waals surface area contributed by atoms with Crippen LogP contribution >= 0.6 is 0 Å². The zero-order valence-electron chi connectivity index (χ0n) is 16.6. The Bertz CT molecular complexity index is 571. The Kier molecular flexibility index (Phi) is 7.28. The fourth-order valence-electron chi connectivity index (χ4n) is 2.09. The molecule has 0 bridgehead atoms. The molecule has 140 valence electrons. The molecule has 4 nitrogen and oxygen atoms in total. The molecule has 0 aromatic rings. The van der Waals surface area contributed by atoms with Crippen molar-refractivity contribution >= 4 is 26.9 Å². The third kappa shape index (κ3) is 5.86. The number of hydrogen-bond donors (Lipinski definition) is 0. The van der Waals surface area contributed by atoms with E-state index in [1.165, 1.54) is 0 Å². The molecule has 0 saturated carbocycles. The van der Waals surface area contributed by atoms with Crippen molar-refractivity contribution in [2.24, 2.45) is 10.8 Å². The molecule has 0 fully saturated rings. The molecule has 0 atom stereocenters. The van der Waals surface area contributed by atoms with Gasteiger partial charge in [0.1, 0.15) is 0 Å². The van der Waals surface area contributed by atoms with Gasteiger partial charge in [0.25, 0.3) is 0 Å². The predicted octanol–water partition coefficient (Wildman–Crippen LogP) is 3.99. The maximum atomic E-state index is 12.5. The van der Waals surface area contributed by atoms with Crippen LogP contribution in [0.5, 0.6) is 0 Å². The number of rotatable bonds is 4. The van der Waals surface area contributed by atoms with Crippen molar-refractivity contribution in [3.63, 3.8) is 0 Å². The number of allylic oxidation sites excluding steroid dienone is 2. The first-order valence-electron chi connectivity index (χ1n) is 8.62. The molecule has 0 amide bonds. The average molecular weight is 413 g/mol. The molecule has 1 rings (SSSR count). The summed E-state index contributed by atoms with van der Waals surface area (Å²) in [5.41, 5.74) is 0.385. The number of esters is 2. The van der Waals surface area contributed by atoms with Crippen molar-refractivity contribution in [1.29, 1.82) is 0 Å². The molecule has 0 saturated heterocycles. The standard InChI is InChI=1S/C20H30O4Se/c1-9-23-17(21)13-11-15(19(3,4)5)25-16(20(6,7)8)12-14(13)18(22)24-10-2/h11-12H,9-10H2,1-8H3. The van der Waals surface area contributed by atoms with Gasteiger partial charge < -0.3 is 0 Å². The van der Waals surface area contributed by atoms with Gasteiger partial charge in [0.05, 0.1) is 0 Å². The van der Waals surface area contributed by atoms with E-state index in [1.807, 2.05) is 12.2 Å². The third-order valence-electron chi connectivity index (χ3n) is 3.53. The van der Waals surface area contributed by atoms with Gasteiger partial charge in [-0.25, -0.2) is 0 Å². The summed E-state index contributed by atoms with van der Waals surface area (Å²) in [5, 5.41) is 0. The first-order valence-corrected chi connectivity index (χ1v) is 10.3. The Labute approximate surface area is 157 Å². The van der Waals surface area contributed by atoms with E-state index in [0.717, 1.165) is 8.94 Å². The molecule has 0 unspecified atom stereocenters. The van der Waals surface area contributed by atoms with Gasteiger partial charge in [0.15, 0.2) is 0 Å². The van der Waals surface area contributed by atoms with Crippen molar-refractivity contribution in [2.45, 2.75) is 55.4 Å². The van der Waals surface area contributed by atoms with Gasteiger partial charge in [-0.1, -0.05) is 0 Å². The van der Waals surface area contributed by atoms with E-state index < -0.39 is 11.9 Å². The second-order valence-electron chi connectivity index (χ2n) is 7.89. The fourth-order valence-corrected chi connectivity index (χ4v) is 4.61. The van der Waals surface area contributed by atoms with Crippen molar-refractivity contribution in [3.05, 3.63) is 32.2 Å². The molecular weight excluding hydrogens is 383 g/mol. The topological polar surface area (TPSA) is 52.6 Å². The van der Waals surface area contributed by atoms with Crippen molar-refractivity contribution in [2.75, 3.05) is 13.2 Å². The molecule has 5 heteroatoms. The van der Waals surface area contributed by atoms with Crippen LogP contribution in [0.15, 0.2) is 32.2 Å². The van der Waals surface area contributed by atoms with E-state index in [4.69, 9.17) is 9.47 Å². The minimum absolute atomic E-state index is 0.0302.